The van der Waals surface area contributed by atoms with E-state index in [0.29, 0.717) is 32.7 Å². The number of morpholine rings is 1. The quantitative estimate of drug-likeness (QED) is 0.753. The van der Waals surface area contributed by atoms with E-state index in [2.05, 4.69) is 0 Å². The van der Waals surface area contributed by atoms with Gasteiger partial charge in [0.1, 0.15) is 6.54 Å². The molecule has 26 heavy (non-hydrogen) atoms. The van der Waals surface area contributed by atoms with Crippen LogP contribution in [0.2, 0.25) is 0 Å². The molecule has 0 saturated carbocycles. The second kappa shape index (κ2) is 8.61. The van der Waals surface area contributed by atoms with E-state index in [1.807, 2.05) is 6.92 Å². The number of hydrogen-bond acceptors (Lipinski definition) is 5. The van der Waals surface area contributed by atoms with Gasteiger partial charge in [0.05, 0.1) is 18.1 Å². The highest BCUT2D eigenvalue weighted by Gasteiger charge is 2.27. The zero-order chi connectivity index (χ0) is 19.3. The van der Waals surface area contributed by atoms with Crippen molar-refractivity contribution in [2.75, 3.05) is 32.8 Å². The number of benzene rings is 1. The summed E-state index contributed by atoms with van der Waals surface area (Å²) in [6.45, 7) is 4.54. The molecule has 0 aliphatic carbocycles. The molecule has 1 aliphatic rings. The molecule has 2 rings (SSSR count). The zero-order valence-corrected chi connectivity index (χ0v) is 15.7. The predicted molar refractivity (Wildman–Crippen MR) is 94.4 cm³/mol. The van der Waals surface area contributed by atoms with Crippen LogP contribution >= 0.6 is 0 Å². The van der Waals surface area contributed by atoms with Crippen molar-refractivity contribution in [2.45, 2.75) is 31.2 Å². The minimum atomic E-state index is -3.63. The molecule has 1 heterocycles. The number of carboxylic acid groups (broad SMARTS) is 1. The van der Waals surface area contributed by atoms with Gasteiger partial charge < -0.3 is 14.7 Å². The first-order valence-electron chi connectivity index (χ1n) is 8.48. The molecular weight excluding hydrogens is 360 g/mol. The van der Waals surface area contributed by atoms with Crippen LogP contribution in [0.3, 0.4) is 0 Å². The van der Waals surface area contributed by atoms with E-state index in [-0.39, 0.29) is 16.5 Å². The first-order chi connectivity index (χ1) is 12.3. The lowest BCUT2D eigenvalue weighted by Gasteiger charge is -2.27. The monoisotopic (exact) mass is 384 g/mol. The number of carbonyl (C=O) groups excluding carboxylic acids is 1. The van der Waals surface area contributed by atoms with Gasteiger partial charge in [-0.15, -0.1) is 0 Å². The SMILES string of the molecule is CCC(C)N(CC(=O)O)C(=O)c1ccc(S(=O)(=O)N2CCOCC2)cc1. The Balaban J connectivity index is 2.21. The number of ether oxygens (including phenoxy) is 1. The summed E-state index contributed by atoms with van der Waals surface area (Å²) < 4.78 is 31.7. The fourth-order valence-corrected chi connectivity index (χ4v) is 4.07. The van der Waals surface area contributed by atoms with Gasteiger partial charge in [-0.3, -0.25) is 9.59 Å². The Morgan fingerprint density at radius 1 is 1.23 bits per heavy atom. The third kappa shape index (κ3) is 4.60. The van der Waals surface area contributed by atoms with Crippen molar-refractivity contribution >= 4 is 21.9 Å². The topological polar surface area (TPSA) is 104 Å². The molecule has 1 atom stereocenters. The molecule has 1 amide bonds. The van der Waals surface area contributed by atoms with Crippen molar-refractivity contribution in [1.82, 2.24) is 9.21 Å². The van der Waals surface area contributed by atoms with Crippen molar-refractivity contribution in [3.8, 4) is 0 Å². The van der Waals surface area contributed by atoms with Crippen LogP contribution in [0.5, 0.6) is 0 Å². The summed E-state index contributed by atoms with van der Waals surface area (Å²) in [6, 6.07) is 5.37. The van der Waals surface area contributed by atoms with Gasteiger partial charge >= 0.3 is 5.97 Å². The minimum absolute atomic E-state index is 0.101. The summed E-state index contributed by atoms with van der Waals surface area (Å²) in [5.74, 6) is -1.53. The average Bonchev–Trinajstić information content (AvgIpc) is 2.65. The second-order valence-corrected chi connectivity index (χ2v) is 8.06. The van der Waals surface area contributed by atoms with Crippen LogP contribution in [-0.2, 0) is 19.6 Å². The highest BCUT2D eigenvalue weighted by atomic mass is 32.2. The van der Waals surface area contributed by atoms with E-state index >= 15 is 0 Å². The van der Waals surface area contributed by atoms with E-state index < -0.39 is 28.4 Å². The fraction of sp³-hybridized carbons (Fsp3) is 0.529. The number of hydrogen-bond donors (Lipinski definition) is 1. The van der Waals surface area contributed by atoms with E-state index in [4.69, 9.17) is 9.84 Å². The summed E-state index contributed by atoms with van der Waals surface area (Å²) in [5, 5.41) is 9.03. The van der Waals surface area contributed by atoms with Gasteiger partial charge in [0.25, 0.3) is 5.91 Å². The Labute approximate surface area is 153 Å². The molecule has 0 radical (unpaired) electrons. The third-order valence-electron chi connectivity index (χ3n) is 4.40. The number of amides is 1. The van der Waals surface area contributed by atoms with Gasteiger partial charge in [-0.1, -0.05) is 6.92 Å². The van der Waals surface area contributed by atoms with Gasteiger partial charge in [0.15, 0.2) is 0 Å². The summed E-state index contributed by atoms with van der Waals surface area (Å²) in [7, 11) is -3.63. The van der Waals surface area contributed by atoms with Gasteiger partial charge in [-0.25, -0.2) is 8.42 Å². The molecule has 1 saturated heterocycles. The Bertz CT molecular complexity index is 741. The second-order valence-electron chi connectivity index (χ2n) is 6.12. The molecule has 144 valence electrons. The molecule has 1 N–H and O–H groups in total. The van der Waals surface area contributed by atoms with Crippen LogP contribution in [0.1, 0.15) is 30.6 Å². The fourth-order valence-electron chi connectivity index (χ4n) is 2.67. The van der Waals surface area contributed by atoms with Gasteiger partial charge in [-0.05, 0) is 37.6 Å². The predicted octanol–water partition coefficient (Wildman–Crippen LogP) is 1.03. The number of sulfonamides is 1. The Kier molecular flexibility index (Phi) is 6.74. The van der Waals surface area contributed by atoms with E-state index in [1.165, 1.54) is 33.5 Å². The van der Waals surface area contributed by atoms with Gasteiger partial charge in [0.2, 0.25) is 10.0 Å². The van der Waals surface area contributed by atoms with Crippen molar-refractivity contribution in [3.05, 3.63) is 29.8 Å². The van der Waals surface area contributed by atoms with E-state index in [9.17, 15) is 18.0 Å². The van der Waals surface area contributed by atoms with Crippen LogP contribution in [0, 0.1) is 0 Å². The molecule has 1 aromatic carbocycles. The highest BCUT2D eigenvalue weighted by Crippen LogP contribution is 2.19. The molecular formula is C17H24N2O6S. The smallest absolute Gasteiger partial charge is 0.323 e. The van der Waals surface area contributed by atoms with Crippen LogP contribution in [0.25, 0.3) is 0 Å². The first-order valence-corrected chi connectivity index (χ1v) is 9.92. The summed E-state index contributed by atoms with van der Waals surface area (Å²) >= 11 is 0. The maximum Gasteiger partial charge on any atom is 0.323 e. The molecule has 1 fully saturated rings. The molecule has 0 aromatic heterocycles. The molecule has 1 aliphatic heterocycles. The number of rotatable bonds is 7. The maximum absolute atomic E-state index is 12.6. The first kappa shape index (κ1) is 20.3. The lowest BCUT2D eigenvalue weighted by atomic mass is 10.1. The average molecular weight is 384 g/mol. The largest absolute Gasteiger partial charge is 0.480 e. The standard InChI is InChI=1S/C17H24N2O6S/c1-3-13(2)19(12-16(20)21)17(22)14-4-6-15(7-5-14)26(23,24)18-8-10-25-11-9-18/h4-7,13H,3,8-12H2,1-2H3,(H,20,21). The van der Waals surface area contributed by atoms with Crippen molar-refractivity contribution < 1.29 is 27.9 Å². The van der Waals surface area contributed by atoms with Crippen molar-refractivity contribution in [2.24, 2.45) is 0 Å². The normalized spacial score (nSPS) is 16.8. The van der Waals surface area contributed by atoms with E-state index in [1.54, 1.807) is 6.92 Å². The Morgan fingerprint density at radius 2 is 1.81 bits per heavy atom. The number of nitrogens with zero attached hydrogens (tertiary/aromatic N) is 2. The number of carboxylic acids is 1. The van der Waals surface area contributed by atoms with Gasteiger partial charge in [-0.2, -0.15) is 4.31 Å². The maximum atomic E-state index is 12.6. The van der Waals surface area contributed by atoms with Crippen LogP contribution in [0.15, 0.2) is 29.2 Å². The molecule has 9 heteroatoms. The van der Waals surface area contributed by atoms with Gasteiger partial charge in [0, 0.05) is 24.7 Å². The Hall–Kier alpha value is -1.97. The summed E-state index contributed by atoms with van der Waals surface area (Å²) in [5.41, 5.74) is 0.257. The molecule has 0 spiro atoms. The minimum Gasteiger partial charge on any atom is -0.480 e. The number of carbonyl (C=O) groups is 2. The molecule has 1 unspecified atom stereocenters. The lowest BCUT2D eigenvalue weighted by molar-refractivity contribution is -0.138. The van der Waals surface area contributed by atoms with E-state index in [0.717, 1.165) is 0 Å². The summed E-state index contributed by atoms with van der Waals surface area (Å²) in [4.78, 5) is 25.0. The van der Waals surface area contributed by atoms with Crippen molar-refractivity contribution in [3.63, 3.8) is 0 Å². The molecule has 0 bridgehead atoms. The lowest BCUT2D eigenvalue weighted by Crippen LogP contribution is -2.42. The molecule has 1 aromatic rings. The zero-order valence-electron chi connectivity index (χ0n) is 14.9. The van der Waals surface area contributed by atoms with Crippen LogP contribution < -0.4 is 0 Å². The van der Waals surface area contributed by atoms with Crippen molar-refractivity contribution in [1.29, 1.82) is 0 Å². The summed E-state index contributed by atoms with van der Waals surface area (Å²) in [6.07, 6.45) is 0.614. The highest BCUT2D eigenvalue weighted by molar-refractivity contribution is 7.89. The van der Waals surface area contributed by atoms with Crippen LogP contribution in [-0.4, -0.2) is 73.5 Å². The molecule has 8 nitrogen and oxygen atoms in total. The van der Waals surface area contributed by atoms with Crippen LogP contribution in [0.4, 0.5) is 0 Å². The Morgan fingerprint density at radius 3 is 2.31 bits per heavy atom. The third-order valence-corrected chi connectivity index (χ3v) is 6.31. The number of aliphatic carboxylic acids is 1.